The molecule has 0 radical (unpaired) electrons. The number of hydrogen-bond donors (Lipinski definition) is 2. The van der Waals surface area contributed by atoms with Gasteiger partial charge in [-0.1, -0.05) is 38.0 Å². The molecule has 2 atom stereocenters. The normalized spacial score (nSPS) is 12.7. The van der Waals surface area contributed by atoms with Crippen molar-refractivity contribution < 1.29 is 19.1 Å². The number of benzene rings is 1. The van der Waals surface area contributed by atoms with Gasteiger partial charge in [-0.05, 0) is 76.2 Å². The Bertz CT molecular complexity index is 923. The lowest BCUT2D eigenvalue weighted by molar-refractivity contribution is -0.141. The molecule has 0 aliphatic rings. The van der Waals surface area contributed by atoms with Crippen molar-refractivity contribution in [3.8, 4) is 6.07 Å². The summed E-state index contributed by atoms with van der Waals surface area (Å²) >= 11 is 1.54. The highest BCUT2D eigenvalue weighted by molar-refractivity contribution is 7.98. The van der Waals surface area contributed by atoms with Gasteiger partial charge in [-0.3, -0.25) is 9.59 Å². The molecular weight excluding hydrogens is 476 g/mol. The SMILES string of the molecule is CCCCCNC(=O)C(c1cccc(C)c1C)N(CC#N)C(=O)C(CCSC)NC(=O)OC(C)(C)C. The molecule has 0 saturated heterocycles. The number of ether oxygens (including phenoxy) is 1. The highest BCUT2D eigenvalue weighted by atomic mass is 32.2. The lowest BCUT2D eigenvalue weighted by Gasteiger charge is -2.33. The molecule has 2 unspecified atom stereocenters. The summed E-state index contributed by atoms with van der Waals surface area (Å²) in [6.07, 6.45) is 4.34. The summed E-state index contributed by atoms with van der Waals surface area (Å²) in [5.74, 6) is -0.236. The van der Waals surface area contributed by atoms with Crippen LogP contribution in [0.3, 0.4) is 0 Å². The molecule has 1 aromatic carbocycles. The van der Waals surface area contributed by atoms with E-state index in [4.69, 9.17) is 4.74 Å². The topological polar surface area (TPSA) is 112 Å². The zero-order valence-corrected chi connectivity index (χ0v) is 23.6. The van der Waals surface area contributed by atoms with Gasteiger partial charge in [0.15, 0.2) is 0 Å². The van der Waals surface area contributed by atoms with Crippen molar-refractivity contribution >= 4 is 29.7 Å². The highest BCUT2D eigenvalue weighted by Gasteiger charge is 2.36. The minimum atomic E-state index is -1.00. The molecule has 9 heteroatoms. The van der Waals surface area contributed by atoms with E-state index in [1.807, 2.05) is 44.4 Å². The first kappa shape index (κ1) is 31.3. The van der Waals surface area contributed by atoms with E-state index in [1.165, 1.54) is 16.7 Å². The predicted molar refractivity (Wildman–Crippen MR) is 145 cm³/mol. The summed E-state index contributed by atoms with van der Waals surface area (Å²) < 4.78 is 5.37. The number of thioether (sulfide) groups is 1. The number of nitriles is 1. The molecule has 0 aliphatic carbocycles. The molecule has 200 valence electrons. The Labute approximate surface area is 220 Å². The van der Waals surface area contributed by atoms with E-state index in [0.29, 0.717) is 24.3 Å². The van der Waals surface area contributed by atoms with Gasteiger partial charge in [-0.15, -0.1) is 0 Å². The van der Waals surface area contributed by atoms with Gasteiger partial charge >= 0.3 is 6.09 Å². The maximum Gasteiger partial charge on any atom is 0.408 e. The first-order chi connectivity index (χ1) is 17.0. The zero-order valence-electron chi connectivity index (χ0n) is 22.8. The van der Waals surface area contributed by atoms with Crippen molar-refractivity contribution in [2.24, 2.45) is 0 Å². The highest BCUT2D eigenvalue weighted by Crippen LogP contribution is 2.27. The van der Waals surface area contributed by atoms with Crippen LogP contribution in [0.2, 0.25) is 0 Å². The second kappa shape index (κ2) is 15.4. The molecule has 3 amide bonds. The first-order valence-electron chi connectivity index (χ1n) is 12.5. The fourth-order valence-corrected chi connectivity index (χ4v) is 4.19. The maximum atomic E-state index is 13.8. The molecule has 0 aromatic heterocycles. The molecule has 0 aliphatic heterocycles. The lowest BCUT2D eigenvalue weighted by Crippen LogP contribution is -2.53. The summed E-state index contributed by atoms with van der Waals surface area (Å²) in [6, 6.07) is 5.69. The summed E-state index contributed by atoms with van der Waals surface area (Å²) in [7, 11) is 0. The number of rotatable bonds is 13. The Morgan fingerprint density at radius 1 is 1.19 bits per heavy atom. The molecule has 0 fully saturated rings. The van der Waals surface area contributed by atoms with E-state index in [2.05, 4.69) is 17.6 Å². The number of amides is 3. The van der Waals surface area contributed by atoms with Crippen LogP contribution in [0, 0.1) is 25.2 Å². The third-order valence-electron chi connectivity index (χ3n) is 5.70. The second-order valence-electron chi connectivity index (χ2n) is 9.79. The molecule has 2 N–H and O–H groups in total. The number of nitrogens with zero attached hydrogens (tertiary/aromatic N) is 2. The van der Waals surface area contributed by atoms with Crippen LogP contribution in [0.5, 0.6) is 0 Å². The maximum absolute atomic E-state index is 13.8. The van der Waals surface area contributed by atoms with Crippen LogP contribution in [-0.4, -0.2) is 59.5 Å². The third kappa shape index (κ3) is 10.1. The minimum Gasteiger partial charge on any atom is -0.444 e. The number of alkyl carbamates (subject to hydrolysis) is 1. The van der Waals surface area contributed by atoms with E-state index in [-0.39, 0.29) is 12.5 Å². The fourth-order valence-electron chi connectivity index (χ4n) is 3.72. The second-order valence-corrected chi connectivity index (χ2v) is 10.8. The summed E-state index contributed by atoms with van der Waals surface area (Å²) in [5.41, 5.74) is 1.78. The molecular formula is C27H42N4O4S. The van der Waals surface area contributed by atoms with Crippen molar-refractivity contribution in [2.45, 2.75) is 84.9 Å². The van der Waals surface area contributed by atoms with E-state index >= 15 is 0 Å². The van der Waals surface area contributed by atoms with Crippen molar-refractivity contribution in [2.75, 3.05) is 25.1 Å². The van der Waals surface area contributed by atoms with Crippen LogP contribution < -0.4 is 10.6 Å². The van der Waals surface area contributed by atoms with Crippen LogP contribution in [-0.2, 0) is 14.3 Å². The molecule has 0 saturated carbocycles. The van der Waals surface area contributed by atoms with Crippen LogP contribution in [0.15, 0.2) is 18.2 Å². The van der Waals surface area contributed by atoms with Gasteiger partial charge in [0.2, 0.25) is 11.8 Å². The molecule has 1 aromatic rings. The van der Waals surface area contributed by atoms with E-state index in [0.717, 1.165) is 30.4 Å². The number of nitrogens with one attached hydrogen (secondary N) is 2. The quantitative estimate of drug-likeness (QED) is 0.290. The summed E-state index contributed by atoms with van der Waals surface area (Å²) in [6.45, 7) is 11.3. The van der Waals surface area contributed by atoms with Gasteiger partial charge in [-0.25, -0.2) is 4.79 Å². The number of carbonyl (C=O) groups is 3. The van der Waals surface area contributed by atoms with Gasteiger partial charge in [0.1, 0.15) is 24.2 Å². The van der Waals surface area contributed by atoms with Gasteiger partial charge < -0.3 is 20.3 Å². The van der Waals surface area contributed by atoms with Gasteiger partial charge in [0.25, 0.3) is 0 Å². The molecule has 36 heavy (non-hydrogen) atoms. The van der Waals surface area contributed by atoms with Gasteiger partial charge in [0, 0.05) is 6.54 Å². The Hall–Kier alpha value is -2.73. The van der Waals surface area contributed by atoms with E-state index in [9.17, 15) is 19.6 Å². The predicted octanol–water partition coefficient (Wildman–Crippen LogP) is 4.65. The van der Waals surface area contributed by atoms with Crippen LogP contribution in [0.1, 0.15) is 76.1 Å². The Morgan fingerprint density at radius 2 is 1.89 bits per heavy atom. The molecule has 8 nitrogen and oxygen atoms in total. The smallest absolute Gasteiger partial charge is 0.408 e. The van der Waals surface area contributed by atoms with E-state index < -0.39 is 29.7 Å². The zero-order chi connectivity index (χ0) is 27.3. The lowest BCUT2D eigenvalue weighted by atomic mass is 9.95. The van der Waals surface area contributed by atoms with Crippen molar-refractivity contribution in [3.63, 3.8) is 0 Å². The first-order valence-corrected chi connectivity index (χ1v) is 13.9. The standard InChI is InChI=1S/C27H42N4O4S/c1-8-9-10-16-29-24(32)23(21-13-11-12-19(2)20(21)3)31(17-15-28)25(33)22(14-18-36-7)30-26(34)35-27(4,5)6/h11-13,22-23H,8-10,14,16-18H2,1-7H3,(H,29,32)(H,30,34). The monoisotopic (exact) mass is 518 g/mol. The van der Waals surface area contributed by atoms with Crippen LogP contribution in [0.25, 0.3) is 0 Å². The van der Waals surface area contributed by atoms with Gasteiger partial charge in [-0.2, -0.15) is 17.0 Å². The Kier molecular flexibility index (Phi) is 13.4. The molecule has 1 rings (SSSR count). The summed E-state index contributed by atoms with van der Waals surface area (Å²) in [4.78, 5) is 41.2. The summed E-state index contributed by atoms with van der Waals surface area (Å²) in [5, 5.41) is 15.3. The molecule has 0 bridgehead atoms. The van der Waals surface area contributed by atoms with Crippen LogP contribution >= 0.6 is 11.8 Å². The van der Waals surface area contributed by atoms with Crippen molar-refractivity contribution in [1.29, 1.82) is 5.26 Å². The van der Waals surface area contributed by atoms with Crippen LogP contribution in [0.4, 0.5) is 4.79 Å². The van der Waals surface area contributed by atoms with Gasteiger partial charge in [0.05, 0.1) is 6.07 Å². The number of carbonyl (C=O) groups excluding carboxylic acids is 3. The van der Waals surface area contributed by atoms with Crippen molar-refractivity contribution in [3.05, 3.63) is 34.9 Å². The number of unbranched alkanes of at least 4 members (excludes halogenated alkanes) is 2. The number of aryl methyl sites for hydroxylation is 1. The average Bonchev–Trinajstić information content (AvgIpc) is 2.80. The van der Waals surface area contributed by atoms with E-state index in [1.54, 1.807) is 20.8 Å². The minimum absolute atomic E-state index is 0.301. The largest absolute Gasteiger partial charge is 0.444 e. The fraction of sp³-hybridized carbons (Fsp3) is 0.630. The van der Waals surface area contributed by atoms with Crippen molar-refractivity contribution in [1.82, 2.24) is 15.5 Å². The Morgan fingerprint density at radius 3 is 2.47 bits per heavy atom. The molecule has 0 spiro atoms. The number of hydrogen-bond acceptors (Lipinski definition) is 6. The third-order valence-corrected chi connectivity index (χ3v) is 6.35. The molecule has 0 heterocycles. The Balaban J connectivity index is 3.42. The average molecular weight is 519 g/mol.